The third-order valence-corrected chi connectivity index (χ3v) is 1.42. The molecule has 0 heterocycles. The summed E-state index contributed by atoms with van der Waals surface area (Å²) in [6.45, 7) is -2.54. The summed E-state index contributed by atoms with van der Waals surface area (Å²) in [5, 5.41) is 0. The van der Waals surface area contributed by atoms with Crippen LogP contribution in [0.15, 0.2) is 30.3 Å². The minimum Gasteiger partial charge on any atom is -0.484 e. The van der Waals surface area contributed by atoms with Gasteiger partial charge < -0.3 is 4.74 Å². The summed E-state index contributed by atoms with van der Waals surface area (Å²) in [4.78, 5) is 0. The molecule has 0 saturated heterocycles. The maximum atomic E-state index is 12.5. The second-order valence-electron chi connectivity index (χ2n) is 2.49. The van der Waals surface area contributed by atoms with E-state index in [1.807, 2.05) is 0 Å². The van der Waals surface area contributed by atoms with E-state index < -0.39 is 19.6 Å². The minimum absolute atomic E-state index is 0.287. The van der Waals surface area contributed by atoms with E-state index in [9.17, 15) is 13.2 Å². The summed E-state index contributed by atoms with van der Waals surface area (Å²) < 4.78 is 44.7. The van der Waals surface area contributed by atoms with Crippen LogP contribution in [0.25, 0.3) is 0 Å². The Balaban J connectivity index is 2.40. The molecule has 0 atom stereocenters. The van der Waals surface area contributed by atoms with E-state index in [2.05, 4.69) is 9.47 Å². The molecule has 0 fully saturated rings. The lowest BCUT2D eigenvalue weighted by molar-refractivity contribution is -0.268. The van der Waals surface area contributed by atoms with Crippen LogP contribution < -0.4 is 4.74 Å². The van der Waals surface area contributed by atoms with Crippen LogP contribution in [0.2, 0.25) is 0 Å². The first-order valence-corrected chi connectivity index (χ1v) is 3.90. The van der Waals surface area contributed by atoms with Crippen molar-refractivity contribution in [3.63, 3.8) is 0 Å². The summed E-state index contributed by atoms with van der Waals surface area (Å²) >= 11 is 0. The third-order valence-electron chi connectivity index (χ3n) is 1.42. The maximum absolute atomic E-state index is 12.5. The summed E-state index contributed by atoms with van der Waals surface area (Å²) in [5.41, 5.74) is 0. The van der Waals surface area contributed by atoms with Gasteiger partial charge >= 0.3 is 6.11 Å². The van der Waals surface area contributed by atoms with Crippen molar-refractivity contribution in [1.29, 1.82) is 0 Å². The normalized spacial score (nSPS) is 11.4. The van der Waals surface area contributed by atoms with E-state index in [1.54, 1.807) is 18.2 Å². The zero-order chi connectivity index (χ0) is 10.4. The zero-order valence-electron chi connectivity index (χ0n) is 7.25. The van der Waals surface area contributed by atoms with E-state index in [1.165, 1.54) is 12.1 Å². The van der Waals surface area contributed by atoms with Gasteiger partial charge in [0.1, 0.15) is 5.75 Å². The molecule has 0 aliphatic heterocycles. The molecule has 0 bridgehead atoms. The van der Waals surface area contributed by atoms with Crippen LogP contribution in [-0.2, 0) is 4.74 Å². The molecule has 0 radical (unpaired) electrons. The summed E-state index contributed by atoms with van der Waals surface area (Å²) in [6, 6.07) is 8.05. The van der Waals surface area contributed by atoms with Gasteiger partial charge in [-0.05, 0) is 12.1 Å². The Hall–Kier alpha value is -1.23. The van der Waals surface area contributed by atoms with Crippen molar-refractivity contribution >= 4 is 0 Å². The fourth-order valence-corrected chi connectivity index (χ4v) is 0.806. The monoisotopic (exact) mass is 206 g/mol. The van der Waals surface area contributed by atoms with Gasteiger partial charge in [0, 0.05) is 0 Å². The molecule has 0 aliphatic rings. The Morgan fingerprint density at radius 3 is 2.36 bits per heavy atom. The summed E-state index contributed by atoms with van der Waals surface area (Å²) in [7, 11) is 0. The molecule has 5 heteroatoms. The molecule has 14 heavy (non-hydrogen) atoms. The number of hydrogen-bond acceptors (Lipinski definition) is 2. The fraction of sp³-hybridized carbons (Fsp3) is 0.333. The highest BCUT2D eigenvalue weighted by molar-refractivity contribution is 5.20. The number of alkyl halides is 3. The quantitative estimate of drug-likeness (QED) is 0.737. The molecular weight excluding hydrogens is 197 g/mol. The molecule has 0 amide bonds. The van der Waals surface area contributed by atoms with Gasteiger partial charge in [-0.1, -0.05) is 18.2 Å². The van der Waals surface area contributed by atoms with Gasteiger partial charge in [0.25, 0.3) is 0 Å². The largest absolute Gasteiger partial charge is 0.484 e. The third kappa shape index (κ3) is 3.66. The van der Waals surface area contributed by atoms with Gasteiger partial charge in [-0.25, -0.2) is 4.39 Å². The molecule has 1 rings (SSSR count). The first-order valence-electron chi connectivity index (χ1n) is 3.90. The van der Waals surface area contributed by atoms with Crippen LogP contribution in [-0.4, -0.2) is 19.6 Å². The standard InChI is InChI=1S/C9H9F3O2/c10-7-14-9(11,12)6-13-8-4-2-1-3-5-8/h1-5H,6-7H2. The molecule has 0 saturated carbocycles. The number of hydrogen-bond donors (Lipinski definition) is 0. The van der Waals surface area contributed by atoms with Gasteiger partial charge in [-0.15, -0.1) is 0 Å². The predicted molar refractivity (Wildman–Crippen MR) is 43.9 cm³/mol. The number of halogens is 3. The Labute approximate surface area is 79.2 Å². The molecule has 0 spiro atoms. The Morgan fingerprint density at radius 2 is 1.79 bits per heavy atom. The van der Waals surface area contributed by atoms with Crippen LogP contribution in [0, 0.1) is 0 Å². The van der Waals surface area contributed by atoms with E-state index >= 15 is 0 Å². The van der Waals surface area contributed by atoms with E-state index in [-0.39, 0.29) is 5.75 Å². The molecule has 2 nitrogen and oxygen atoms in total. The molecular formula is C9H9F3O2. The maximum Gasteiger partial charge on any atom is 0.391 e. The van der Waals surface area contributed by atoms with Gasteiger partial charge in [-0.3, -0.25) is 4.74 Å². The van der Waals surface area contributed by atoms with Gasteiger partial charge in [0.2, 0.25) is 0 Å². The van der Waals surface area contributed by atoms with E-state index in [0.717, 1.165) is 0 Å². The number of rotatable bonds is 5. The first-order chi connectivity index (χ1) is 6.64. The van der Waals surface area contributed by atoms with Crippen molar-refractivity contribution in [2.75, 3.05) is 13.5 Å². The van der Waals surface area contributed by atoms with Crippen LogP contribution in [0.5, 0.6) is 5.75 Å². The van der Waals surface area contributed by atoms with E-state index in [0.29, 0.717) is 0 Å². The summed E-state index contributed by atoms with van der Waals surface area (Å²) in [6.07, 6.45) is -3.59. The van der Waals surface area contributed by atoms with Crippen molar-refractivity contribution in [2.24, 2.45) is 0 Å². The van der Waals surface area contributed by atoms with Gasteiger partial charge in [0.05, 0.1) is 0 Å². The molecule has 1 aromatic rings. The van der Waals surface area contributed by atoms with Gasteiger partial charge in [-0.2, -0.15) is 8.78 Å². The first kappa shape index (κ1) is 10.8. The Morgan fingerprint density at radius 1 is 1.14 bits per heavy atom. The molecule has 0 aliphatic carbocycles. The van der Waals surface area contributed by atoms with Crippen molar-refractivity contribution in [3.8, 4) is 5.75 Å². The van der Waals surface area contributed by atoms with Crippen molar-refractivity contribution < 1.29 is 22.6 Å². The molecule has 0 unspecified atom stereocenters. The van der Waals surface area contributed by atoms with Gasteiger partial charge in [0.15, 0.2) is 13.5 Å². The van der Waals surface area contributed by atoms with Crippen LogP contribution in [0.3, 0.4) is 0 Å². The fourth-order valence-electron chi connectivity index (χ4n) is 0.806. The minimum atomic E-state index is -3.59. The van der Waals surface area contributed by atoms with Crippen molar-refractivity contribution in [2.45, 2.75) is 6.11 Å². The van der Waals surface area contributed by atoms with Crippen LogP contribution in [0.1, 0.15) is 0 Å². The molecule has 0 N–H and O–H groups in total. The molecule has 1 aromatic carbocycles. The number of para-hydroxylation sites is 1. The highest BCUT2D eigenvalue weighted by Gasteiger charge is 2.31. The lowest BCUT2D eigenvalue weighted by Crippen LogP contribution is -2.28. The van der Waals surface area contributed by atoms with E-state index in [4.69, 9.17) is 0 Å². The zero-order valence-corrected chi connectivity index (χ0v) is 7.25. The number of ether oxygens (including phenoxy) is 2. The average Bonchev–Trinajstić information content (AvgIpc) is 2.17. The topological polar surface area (TPSA) is 18.5 Å². The summed E-state index contributed by atoms with van der Waals surface area (Å²) in [5.74, 6) is 0.287. The van der Waals surface area contributed by atoms with Crippen molar-refractivity contribution in [1.82, 2.24) is 0 Å². The lowest BCUT2D eigenvalue weighted by Gasteiger charge is -2.15. The van der Waals surface area contributed by atoms with Crippen LogP contribution >= 0.6 is 0 Å². The lowest BCUT2D eigenvalue weighted by atomic mass is 10.3. The SMILES string of the molecule is FCOC(F)(F)COc1ccccc1. The molecule has 0 aromatic heterocycles. The number of benzene rings is 1. The Bertz CT molecular complexity index is 264. The smallest absolute Gasteiger partial charge is 0.391 e. The second-order valence-corrected chi connectivity index (χ2v) is 2.49. The average molecular weight is 206 g/mol. The second kappa shape index (κ2) is 4.85. The van der Waals surface area contributed by atoms with Crippen LogP contribution in [0.4, 0.5) is 13.2 Å². The highest BCUT2D eigenvalue weighted by Crippen LogP contribution is 2.18. The van der Waals surface area contributed by atoms with Crippen molar-refractivity contribution in [3.05, 3.63) is 30.3 Å². The molecule has 78 valence electrons. The highest BCUT2D eigenvalue weighted by atomic mass is 19.3. The Kier molecular flexibility index (Phi) is 3.76. The predicted octanol–water partition coefficient (Wildman–Crippen LogP) is 2.60.